The van der Waals surface area contributed by atoms with Crippen LogP contribution in [0.4, 0.5) is 15.8 Å². The number of amides is 2. The van der Waals surface area contributed by atoms with Crippen LogP contribution >= 0.6 is 46.4 Å². The van der Waals surface area contributed by atoms with E-state index in [4.69, 9.17) is 52.8 Å². The zero-order valence-electron chi connectivity index (χ0n) is 17.2. The molecule has 0 bridgehead atoms. The molecule has 0 heterocycles. The van der Waals surface area contributed by atoms with Gasteiger partial charge in [-0.3, -0.25) is 9.59 Å². The highest BCUT2D eigenvalue weighted by atomic mass is 35.5. The summed E-state index contributed by atoms with van der Waals surface area (Å²) in [6.45, 7) is 0. The van der Waals surface area contributed by atoms with Crippen LogP contribution in [-0.4, -0.2) is 16.1 Å². The third kappa shape index (κ3) is 4.87. The Morgan fingerprint density at radius 3 is 2.24 bits per heavy atom. The van der Waals surface area contributed by atoms with Gasteiger partial charge in [-0.05, 0) is 60.2 Å². The van der Waals surface area contributed by atoms with Gasteiger partial charge in [-0.2, -0.15) is 0 Å². The number of terminal acetylenes is 1. The van der Waals surface area contributed by atoms with Gasteiger partial charge in [0, 0.05) is 22.9 Å². The molecule has 172 valence electrons. The smallest absolute Gasteiger partial charge is 0.257 e. The van der Waals surface area contributed by atoms with Crippen LogP contribution in [0.3, 0.4) is 0 Å². The van der Waals surface area contributed by atoms with Crippen molar-refractivity contribution in [2.75, 3.05) is 10.6 Å². The monoisotopic (exact) mass is 534 g/mol. The average molecular weight is 536 g/mol. The summed E-state index contributed by atoms with van der Waals surface area (Å²) in [5, 5.41) is 5.94. The molecule has 0 aromatic heterocycles. The molecule has 1 aliphatic carbocycles. The highest BCUT2D eigenvalue weighted by molar-refractivity contribution is 6.53. The topological polar surface area (TPSA) is 58.2 Å². The van der Waals surface area contributed by atoms with E-state index in [0.717, 1.165) is 0 Å². The molecule has 0 aliphatic heterocycles. The Bertz CT molecular complexity index is 1340. The highest BCUT2D eigenvalue weighted by Gasteiger charge is 2.67. The van der Waals surface area contributed by atoms with E-state index in [9.17, 15) is 14.0 Å². The third-order valence-electron chi connectivity index (χ3n) is 5.42. The minimum Gasteiger partial charge on any atom is -0.326 e. The van der Waals surface area contributed by atoms with E-state index < -0.39 is 33.8 Å². The predicted octanol–water partition coefficient (Wildman–Crippen LogP) is 6.89. The first-order valence-corrected chi connectivity index (χ1v) is 11.4. The van der Waals surface area contributed by atoms with E-state index in [2.05, 4.69) is 16.6 Å². The second kappa shape index (κ2) is 9.48. The minimum atomic E-state index is -1.33. The Morgan fingerprint density at radius 1 is 0.912 bits per heavy atom. The van der Waals surface area contributed by atoms with Crippen LogP contribution in [0.5, 0.6) is 0 Å². The van der Waals surface area contributed by atoms with Crippen LogP contribution in [-0.2, 0) is 4.79 Å². The number of hydrogen-bond donors (Lipinski definition) is 2. The van der Waals surface area contributed by atoms with Gasteiger partial charge in [0.1, 0.15) is 10.2 Å². The first kappa shape index (κ1) is 24.4. The summed E-state index contributed by atoms with van der Waals surface area (Å²) in [6, 6.07) is 14.8. The number of hydrogen-bond acceptors (Lipinski definition) is 2. The molecule has 0 spiro atoms. The molecule has 1 aliphatic rings. The molecular weight excluding hydrogens is 521 g/mol. The Morgan fingerprint density at radius 2 is 1.56 bits per heavy atom. The Kier molecular flexibility index (Phi) is 6.80. The number of alkyl halides is 2. The molecule has 2 N–H and O–H groups in total. The van der Waals surface area contributed by atoms with E-state index in [1.54, 1.807) is 24.3 Å². The second-order valence-corrected chi connectivity index (χ2v) is 9.92. The fourth-order valence-electron chi connectivity index (χ4n) is 3.64. The average Bonchev–Trinajstić information content (AvgIpc) is 3.38. The van der Waals surface area contributed by atoms with E-state index >= 15 is 0 Å². The van der Waals surface area contributed by atoms with Crippen molar-refractivity contribution in [3.8, 4) is 12.3 Å². The molecule has 2 atom stereocenters. The van der Waals surface area contributed by atoms with Crippen molar-refractivity contribution in [1.82, 2.24) is 0 Å². The van der Waals surface area contributed by atoms with Gasteiger partial charge in [0.15, 0.2) is 0 Å². The zero-order valence-corrected chi connectivity index (χ0v) is 20.2. The van der Waals surface area contributed by atoms with Crippen LogP contribution in [0.25, 0.3) is 0 Å². The first-order chi connectivity index (χ1) is 16.1. The lowest BCUT2D eigenvalue weighted by Gasteiger charge is -2.10. The molecule has 34 heavy (non-hydrogen) atoms. The summed E-state index contributed by atoms with van der Waals surface area (Å²) in [5.41, 5.74) is 2.01. The lowest BCUT2D eigenvalue weighted by Crippen LogP contribution is -2.18. The second-order valence-electron chi connectivity index (χ2n) is 7.66. The maximum Gasteiger partial charge on any atom is 0.257 e. The van der Waals surface area contributed by atoms with Gasteiger partial charge in [-0.15, -0.1) is 29.6 Å². The van der Waals surface area contributed by atoms with E-state index in [1.807, 2.05) is 0 Å². The molecule has 4 rings (SSSR count). The number of benzene rings is 3. The molecule has 0 radical (unpaired) electrons. The predicted molar refractivity (Wildman–Crippen MR) is 134 cm³/mol. The number of rotatable bonds is 5. The summed E-state index contributed by atoms with van der Waals surface area (Å²) in [7, 11) is 0. The van der Waals surface area contributed by atoms with Crippen LogP contribution in [0.1, 0.15) is 27.4 Å². The zero-order chi connectivity index (χ0) is 24.6. The molecule has 1 saturated carbocycles. The quantitative estimate of drug-likeness (QED) is 0.276. The number of anilines is 2. The van der Waals surface area contributed by atoms with E-state index in [1.165, 1.54) is 36.4 Å². The lowest BCUT2D eigenvalue weighted by molar-refractivity contribution is -0.117. The van der Waals surface area contributed by atoms with Crippen molar-refractivity contribution in [3.63, 3.8) is 0 Å². The number of nitrogens with one attached hydrogen (secondary N) is 2. The van der Waals surface area contributed by atoms with Gasteiger partial charge in [0.05, 0.1) is 21.5 Å². The van der Waals surface area contributed by atoms with Gasteiger partial charge in [-0.25, -0.2) is 4.39 Å². The maximum absolute atomic E-state index is 13.1. The van der Waals surface area contributed by atoms with Crippen LogP contribution in [0, 0.1) is 24.1 Å². The normalized spacial score (nSPS) is 18.0. The number of carbonyl (C=O) groups excluding carboxylic acids is 2. The Balaban J connectivity index is 1.50. The highest BCUT2D eigenvalue weighted by Crippen LogP contribution is 2.65. The summed E-state index contributed by atoms with van der Waals surface area (Å²) in [4.78, 5) is 25.6. The number of carbonyl (C=O) groups is 2. The molecule has 1 fully saturated rings. The van der Waals surface area contributed by atoms with Crippen molar-refractivity contribution in [1.29, 1.82) is 0 Å². The molecule has 0 saturated heterocycles. The SMILES string of the molecule is C#Cc1cc([C@H]2[C@H](C(=O)Nc3ccc(Cl)c(C(=O)Nc4ccc(F)cc4)c3)C2(Cl)Cl)ccc1Cl. The van der Waals surface area contributed by atoms with Gasteiger partial charge in [-0.1, -0.05) is 35.2 Å². The Hall–Kier alpha value is -2.75. The molecule has 3 aromatic rings. The summed E-state index contributed by atoms with van der Waals surface area (Å²) >= 11 is 25.1. The third-order valence-corrected chi connectivity index (χ3v) is 7.02. The van der Waals surface area contributed by atoms with Crippen LogP contribution < -0.4 is 10.6 Å². The van der Waals surface area contributed by atoms with Crippen molar-refractivity contribution in [2.45, 2.75) is 10.3 Å². The molecule has 9 heteroatoms. The van der Waals surface area contributed by atoms with Gasteiger partial charge in [0.2, 0.25) is 5.91 Å². The van der Waals surface area contributed by atoms with Crippen molar-refractivity contribution in [3.05, 3.63) is 93.2 Å². The summed E-state index contributed by atoms with van der Waals surface area (Å²) in [5.74, 6) is -0.146. The van der Waals surface area contributed by atoms with Crippen molar-refractivity contribution >= 4 is 69.6 Å². The van der Waals surface area contributed by atoms with Gasteiger partial charge >= 0.3 is 0 Å². The minimum absolute atomic E-state index is 0.121. The lowest BCUT2D eigenvalue weighted by atomic mass is 10.1. The van der Waals surface area contributed by atoms with Crippen LogP contribution in [0.2, 0.25) is 10.0 Å². The van der Waals surface area contributed by atoms with Crippen LogP contribution in [0.15, 0.2) is 60.7 Å². The maximum atomic E-state index is 13.1. The summed E-state index contributed by atoms with van der Waals surface area (Å²) < 4.78 is 11.8. The number of halogens is 5. The van der Waals surface area contributed by atoms with E-state index in [-0.39, 0.29) is 10.6 Å². The molecule has 2 amide bonds. The summed E-state index contributed by atoms with van der Waals surface area (Å²) in [6.07, 6.45) is 5.47. The largest absolute Gasteiger partial charge is 0.326 e. The fourth-order valence-corrected chi connectivity index (χ4v) is 4.85. The van der Waals surface area contributed by atoms with Gasteiger partial charge in [0.25, 0.3) is 5.91 Å². The first-order valence-electron chi connectivity index (χ1n) is 9.93. The molecular formula is C25H15Cl4FN2O2. The standard InChI is InChI=1S/C25H15Cl4FN2O2/c1-2-13-11-14(3-9-19(13)26)21-22(25(21,28)29)24(34)32-17-8-10-20(27)18(12-17)23(33)31-16-6-4-15(30)5-7-16/h1,3-12,21-22H,(H,31,33)(H,32,34)/t21-,22+/m0/s1. The Labute approximate surface area is 215 Å². The molecule has 4 nitrogen and oxygen atoms in total. The van der Waals surface area contributed by atoms with Crippen molar-refractivity contribution in [2.24, 2.45) is 5.92 Å². The molecule has 0 unspecified atom stereocenters. The molecule has 3 aromatic carbocycles. The van der Waals surface area contributed by atoms with Crippen molar-refractivity contribution < 1.29 is 14.0 Å². The van der Waals surface area contributed by atoms with Gasteiger partial charge < -0.3 is 10.6 Å². The fraction of sp³-hybridized carbons (Fsp3) is 0.120. The van der Waals surface area contributed by atoms with E-state index in [0.29, 0.717) is 27.5 Å².